The van der Waals surface area contributed by atoms with Crippen molar-refractivity contribution in [3.05, 3.63) is 127 Å². The third-order valence-corrected chi connectivity index (χ3v) is 8.89. The summed E-state index contributed by atoms with van der Waals surface area (Å²) < 4.78 is 16.8. The third-order valence-electron chi connectivity index (χ3n) is 8.89. The van der Waals surface area contributed by atoms with Crippen molar-refractivity contribution in [1.82, 2.24) is 0 Å². The first-order chi connectivity index (χ1) is 20.2. The van der Waals surface area contributed by atoms with Crippen LogP contribution in [0.4, 0.5) is 34.1 Å². The van der Waals surface area contributed by atoms with Crippen molar-refractivity contribution >= 4 is 57.2 Å². The van der Waals surface area contributed by atoms with E-state index in [1.165, 1.54) is 65.7 Å². The number of benzene rings is 5. The maximum Gasteiger partial charge on any atom is 0.252 e. The molecule has 2 nitrogen and oxygen atoms in total. The van der Waals surface area contributed by atoms with Gasteiger partial charge in [-0.2, -0.15) is 0 Å². The van der Waals surface area contributed by atoms with Crippen LogP contribution in [0.3, 0.4) is 0 Å². The van der Waals surface area contributed by atoms with Crippen LogP contribution in [0.5, 0.6) is 0 Å². The standard InChI is InChI=1S/C36H31BN2/c1-4-14-26(15-5-1)27-24-34-36-35(25-27)39(29-18-8-3-9-19-29)33-23-13-11-21-31(33)37(36)30-20-10-12-22-32(30)38(34)28-16-6-2-7-17-28/h2-3,6-13,16-26H,1,4-5,14-15H2/i2D,10D. The summed E-state index contributed by atoms with van der Waals surface area (Å²) in [6, 6.07) is 39.5. The lowest BCUT2D eigenvalue weighted by atomic mass is 9.33. The molecular weight excluding hydrogens is 471 g/mol. The molecule has 39 heavy (non-hydrogen) atoms. The Bertz CT molecular complexity index is 1760. The highest BCUT2D eigenvalue weighted by atomic mass is 15.2. The summed E-state index contributed by atoms with van der Waals surface area (Å²) in [5, 5.41) is 0. The van der Waals surface area contributed by atoms with E-state index in [-0.39, 0.29) is 6.71 Å². The Morgan fingerprint density at radius 3 is 1.85 bits per heavy atom. The number of fused-ring (bicyclic) bond motifs is 4. The molecule has 0 aromatic heterocycles. The molecule has 0 bridgehead atoms. The van der Waals surface area contributed by atoms with E-state index >= 15 is 0 Å². The Morgan fingerprint density at radius 2 is 1.13 bits per heavy atom. The number of para-hydroxylation sites is 4. The molecule has 0 spiro atoms. The van der Waals surface area contributed by atoms with E-state index in [0.717, 1.165) is 22.5 Å². The second-order valence-electron chi connectivity index (χ2n) is 11.0. The summed E-state index contributed by atoms with van der Waals surface area (Å²) in [7, 11) is 0. The number of hydrogen-bond donors (Lipinski definition) is 0. The minimum atomic E-state index is 0.0311. The second kappa shape index (κ2) is 9.20. The summed E-state index contributed by atoms with van der Waals surface area (Å²) >= 11 is 0. The minimum Gasteiger partial charge on any atom is -0.311 e. The summed E-state index contributed by atoms with van der Waals surface area (Å²) in [6.07, 6.45) is 6.36. The first kappa shape index (κ1) is 20.7. The molecule has 2 aliphatic heterocycles. The van der Waals surface area contributed by atoms with E-state index in [1.807, 2.05) is 18.2 Å². The summed E-state index contributed by atoms with van der Waals surface area (Å²) in [5.41, 5.74) is 12.1. The molecule has 0 N–H and O–H groups in total. The van der Waals surface area contributed by atoms with Crippen LogP contribution in [0.25, 0.3) is 0 Å². The highest BCUT2D eigenvalue weighted by Gasteiger charge is 2.43. The van der Waals surface area contributed by atoms with Gasteiger partial charge in [0.25, 0.3) is 6.71 Å². The molecule has 5 aromatic carbocycles. The summed E-state index contributed by atoms with van der Waals surface area (Å²) in [4.78, 5) is 4.84. The maximum atomic E-state index is 8.63. The van der Waals surface area contributed by atoms with Gasteiger partial charge in [0.15, 0.2) is 0 Å². The fraction of sp³-hybridized carbons (Fsp3) is 0.167. The van der Waals surface area contributed by atoms with Crippen molar-refractivity contribution in [2.24, 2.45) is 0 Å². The monoisotopic (exact) mass is 504 g/mol. The van der Waals surface area contributed by atoms with Crippen molar-refractivity contribution in [3.63, 3.8) is 0 Å². The molecule has 1 saturated carbocycles. The van der Waals surface area contributed by atoms with E-state index in [0.29, 0.717) is 18.0 Å². The molecule has 3 aliphatic rings. The zero-order valence-corrected chi connectivity index (χ0v) is 22.0. The van der Waals surface area contributed by atoms with Crippen LogP contribution in [0.2, 0.25) is 0 Å². The fourth-order valence-corrected chi connectivity index (χ4v) is 7.19. The van der Waals surface area contributed by atoms with Gasteiger partial charge < -0.3 is 9.80 Å². The van der Waals surface area contributed by atoms with Crippen LogP contribution in [0, 0.1) is 0 Å². The average molecular weight is 504 g/mol. The summed E-state index contributed by atoms with van der Waals surface area (Å²) in [5.74, 6) is 0.549. The topological polar surface area (TPSA) is 6.48 Å². The van der Waals surface area contributed by atoms with Crippen LogP contribution >= 0.6 is 0 Å². The molecule has 1 aliphatic carbocycles. The first-order valence-electron chi connectivity index (χ1n) is 15.3. The fourth-order valence-electron chi connectivity index (χ4n) is 7.19. The Kier molecular flexibility index (Phi) is 4.88. The number of nitrogens with zero attached hydrogens (tertiary/aromatic N) is 2. The first-order valence-corrected chi connectivity index (χ1v) is 14.3. The molecule has 8 rings (SSSR count). The predicted molar refractivity (Wildman–Crippen MR) is 166 cm³/mol. The zero-order valence-electron chi connectivity index (χ0n) is 24.0. The Morgan fingerprint density at radius 1 is 0.564 bits per heavy atom. The van der Waals surface area contributed by atoms with Gasteiger partial charge in [-0.3, -0.25) is 0 Å². The molecule has 188 valence electrons. The van der Waals surface area contributed by atoms with Crippen molar-refractivity contribution in [2.75, 3.05) is 9.80 Å². The third kappa shape index (κ3) is 3.56. The normalized spacial score (nSPS) is 16.7. The maximum absolute atomic E-state index is 8.63. The van der Waals surface area contributed by atoms with Crippen LogP contribution < -0.4 is 26.2 Å². The summed E-state index contributed by atoms with van der Waals surface area (Å²) in [6.45, 7) is 0.0311. The Balaban J connectivity index is 1.47. The van der Waals surface area contributed by atoms with Crippen LogP contribution in [-0.4, -0.2) is 6.71 Å². The van der Waals surface area contributed by atoms with Crippen LogP contribution in [-0.2, 0) is 0 Å². The van der Waals surface area contributed by atoms with E-state index < -0.39 is 0 Å². The van der Waals surface area contributed by atoms with E-state index in [9.17, 15) is 0 Å². The van der Waals surface area contributed by atoms with Gasteiger partial charge in [0.1, 0.15) is 0 Å². The van der Waals surface area contributed by atoms with Gasteiger partial charge in [-0.05, 0) is 89.2 Å². The van der Waals surface area contributed by atoms with E-state index in [2.05, 4.69) is 101 Å². The average Bonchev–Trinajstić information content (AvgIpc) is 3.02. The van der Waals surface area contributed by atoms with Crippen LogP contribution in [0.1, 0.15) is 46.3 Å². The SMILES string of the molecule is [2H]c1ccc(N2c3ccc([2H])cc3B3c4ccccc4N(c4ccccc4)c4cc(C5CCCCC5)cc2c43)cc1. The van der Waals surface area contributed by atoms with Gasteiger partial charge in [-0.1, -0.05) is 92.0 Å². The second-order valence-corrected chi connectivity index (χ2v) is 11.0. The van der Waals surface area contributed by atoms with E-state index in [4.69, 9.17) is 2.74 Å². The Hall–Kier alpha value is -4.24. The molecule has 0 atom stereocenters. The molecule has 0 amide bonds. The quantitative estimate of drug-likeness (QED) is 0.227. The van der Waals surface area contributed by atoms with Gasteiger partial charge in [0, 0.05) is 34.1 Å². The zero-order chi connectivity index (χ0) is 27.5. The predicted octanol–water partition coefficient (Wildman–Crippen LogP) is 7.82. The molecule has 3 heteroatoms. The number of anilines is 6. The minimum absolute atomic E-state index is 0.0311. The van der Waals surface area contributed by atoms with Gasteiger partial charge in [0.05, 0.1) is 2.74 Å². The highest BCUT2D eigenvalue weighted by molar-refractivity contribution is 7.00. The molecule has 5 aromatic rings. The van der Waals surface area contributed by atoms with Gasteiger partial charge in [0.2, 0.25) is 0 Å². The van der Waals surface area contributed by atoms with Crippen molar-refractivity contribution < 1.29 is 2.74 Å². The molecule has 0 saturated heterocycles. The van der Waals surface area contributed by atoms with Crippen molar-refractivity contribution in [1.29, 1.82) is 0 Å². The molecule has 0 unspecified atom stereocenters. The lowest BCUT2D eigenvalue weighted by molar-refractivity contribution is 0.444. The van der Waals surface area contributed by atoms with E-state index in [1.54, 1.807) is 0 Å². The largest absolute Gasteiger partial charge is 0.311 e. The van der Waals surface area contributed by atoms with Gasteiger partial charge in [-0.25, -0.2) is 0 Å². The van der Waals surface area contributed by atoms with Crippen molar-refractivity contribution in [3.8, 4) is 0 Å². The van der Waals surface area contributed by atoms with Gasteiger partial charge in [-0.15, -0.1) is 0 Å². The van der Waals surface area contributed by atoms with Crippen molar-refractivity contribution in [2.45, 2.75) is 38.0 Å². The molecule has 2 heterocycles. The van der Waals surface area contributed by atoms with Crippen LogP contribution in [0.15, 0.2) is 121 Å². The molecule has 0 radical (unpaired) electrons. The van der Waals surface area contributed by atoms with Gasteiger partial charge >= 0.3 is 0 Å². The lowest BCUT2D eigenvalue weighted by Crippen LogP contribution is -2.61. The highest BCUT2D eigenvalue weighted by Crippen LogP contribution is 2.46. The smallest absolute Gasteiger partial charge is 0.252 e. The number of rotatable bonds is 3. The molecular formula is C36H31BN2. The lowest BCUT2D eigenvalue weighted by Gasteiger charge is -2.44. The Labute approximate surface area is 234 Å². The number of hydrogen-bond acceptors (Lipinski definition) is 2. The molecule has 1 fully saturated rings.